The summed E-state index contributed by atoms with van der Waals surface area (Å²) in [5.74, 6) is -1.13. The maximum Gasteiger partial charge on any atom is 0.328 e. The van der Waals surface area contributed by atoms with Crippen molar-refractivity contribution in [3.05, 3.63) is 76.3 Å². The number of halogens is 1. The fourth-order valence-electron chi connectivity index (χ4n) is 3.17. The molecule has 2 aromatic carbocycles. The van der Waals surface area contributed by atoms with E-state index in [1.807, 2.05) is 30.3 Å². The molecule has 0 atom stereocenters. The zero-order valence-corrected chi connectivity index (χ0v) is 17.0. The number of hydrogen-bond donors (Lipinski definition) is 1. The molecule has 0 radical (unpaired) electrons. The van der Waals surface area contributed by atoms with Crippen LogP contribution in [0.3, 0.4) is 0 Å². The molecule has 5 nitrogen and oxygen atoms in total. The highest BCUT2D eigenvalue weighted by atomic mass is 35.5. The number of nitrogens with zero attached hydrogens (tertiary/aromatic N) is 2. The van der Waals surface area contributed by atoms with E-state index in [4.69, 9.17) is 16.7 Å². The molecule has 3 rings (SSSR count). The SMILES string of the molecule is CN1CCN(c2cc(Cl)cc(C(=O)/C=C/c3cccc(/C=C/C(=O)O)c3)c2)CC1. The van der Waals surface area contributed by atoms with E-state index in [0.717, 1.165) is 49.1 Å². The summed E-state index contributed by atoms with van der Waals surface area (Å²) >= 11 is 6.27. The molecule has 6 heteroatoms. The second kappa shape index (κ2) is 9.54. The number of anilines is 1. The molecule has 0 saturated carbocycles. The minimum atomic E-state index is -1.00. The van der Waals surface area contributed by atoms with Crippen molar-refractivity contribution in [3.8, 4) is 0 Å². The van der Waals surface area contributed by atoms with Crippen LogP contribution in [0.1, 0.15) is 21.5 Å². The van der Waals surface area contributed by atoms with Crippen molar-refractivity contribution in [2.24, 2.45) is 0 Å². The fourth-order valence-corrected chi connectivity index (χ4v) is 3.39. The number of ketones is 1. The standard InChI is InChI=1S/C23H23ClN2O3/c1-25-9-11-26(12-10-25)21-15-19(14-20(24)16-21)22(27)7-5-17-3-2-4-18(13-17)6-8-23(28)29/h2-8,13-16H,9-12H2,1H3,(H,28,29)/b7-5+,8-6+. The second-order valence-corrected chi connectivity index (χ2v) is 7.46. The number of piperazine rings is 1. The third-order valence-corrected chi connectivity index (χ3v) is 5.01. The van der Waals surface area contributed by atoms with Crippen molar-refractivity contribution in [1.29, 1.82) is 0 Å². The molecule has 29 heavy (non-hydrogen) atoms. The minimum absolute atomic E-state index is 0.130. The number of likely N-dealkylation sites (N-methyl/N-ethyl adjacent to an activating group) is 1. The minimum Gasteiger partial charge on any atom is -0.478 e. The maximum absolute atomic E-state index is 12.7. The average molecular weight is 411 g/mol. The summed E-state index contributed by atoms with van der Waals surface area (Å²) in [5, 5.41) is 9.28. The lowest BCUT2D eigenvalue weighted by molar-refractivity contribution is -0.131. The van der Waals surface area contributed by atoms with E-state index in [9.17, 15) is 9.59 Å². The molecule has 1 aliphatic rings. The van der Waals surface area contributed by atoms with Crippen LogP contribution >= 0.6 is 11.6 Å². The summed E-state index contributed by atoms with van der Waals surface area (Å²) < 4.78 is 0. The third kappa shape index (κ3) is 6.04. The topological polar surface area (TPSA) is 60.9 Å². The van der Waals surface area contributed by atoms with Gasteiger partial charge in [-0.25, -0.2) is 4.79 Å². The number of carbonyl (C=O) groups is 2. The van der Waals surface area contributed by atoms with Crippen molar-refractivity contribution in [2.75, 3.05) is 38.1 Å². The Bertz CT molecular complexity index is 960. The summed E-state index contributed by atoms with van der Waals surface area (Å²) in [5.41, 5.74) is 3.07. The van der Waals surface area contributed by atoms with Crippen molar-refractivity contribution in [3.63, 3.8) is 0 Å². The van der Waals surface area contributed by atoms with E-state index in [-0.39, 0.29) is 5.78 Å². The first-order valence-electron chi connectivity index (χ1n) is 9.38. The zero-order chi connectivity index (χ0) is 20.8. The summed E-state index contributed by atoms with van der Waals surface area (Å²) in [6, 6.07) is 12.8. The first-order valence-corrected chi connectivity index (χ1v) is 9.76. The number of carboxylic acid groups (broad SMARTS) is 1. The normalized spacial score (nSPS) is 15.3. The maximum atomic E-state index is 12.7. The van der Waals surface area contributed by atoms with E-state index in [0.29, 0.717) is 10.6 Å². The Morgan fingerprint density at radius 3 is 2.28 bits per heavy atom. The molecule has 0 aromatic heterocycles. The Morgan fingerprint density at radius 1 is 0.966 bits per heavy atom. The highest BCUT2D eigenvalue weighted by Gasteiger charge is 2.16. The number of hydrogen-bond acceptors (Lipinski definition) is 4. The van der Waals surface area contributed by atoms with Gasteiger partial charge in [0.05, 0.1) is 0 Å². The Labute approximate surface area is 175 Å². The Hall–Kier alpha value is -2.89. The first-order chi connectivity index (χ1) is 13.9. The van der Waals surface area contributed by atoms with E-state index in [1.165, 1.54) is 12.2 Å². The lowest BCUT2D eigenvalue weighted by Crippen LogP contribution is -2.44. The molecule has 0 spiro atoms. The molecule has 1 fully saturated rings. The number of carboxylic acids is 1. The van der Waals surface area contributed by atoms with E-state index in [1.54, 1.807) is 18.2 Å². The van der Waals surface area contributed by atoms with Gasteiger partial charge in [-0.05, 0) is 54.6 Å². The van der Waals surface area contributed by atoms with Crippen LogP contribution in [0.15, 0.2) is 54.6 Å². The molecule has 2 aromatic rings. The predicted octanol–water partition coefficient (Wildman–Crippen LogP) is 4.09. The number of carbonyl (C=O) groups excluding carboxylic acids is 1. The monoisotopic (exact) mass is 410 g/mol. The molecule has 1 aliphatic heterocycles. The lowest BCUT2D eigenvalue weighted by atomic mass is 10.1. The van der Waals surface area contributed by atoms with Crippen LogP contribution in [0.25, 0.3) is 12.2 Å². The first kappa shape index (κ1) is 20.8. The average Bonchev–Trinajstić information content (AvgIpc) is 2.71. The highest BCUT2D eigenvalue weighted by Crippen LogP contribution is 2.24. The number of allylic oxidation sites excluding steroid dienone is 1. The Morgan fingerprint density at radius 2 is 1.62 bits per heavy atom. The van der Waals surface area contributed by atoms with Crippen LogP contribution in [0.4, 0.5) is 5.69 Å². The van der Waals surface area contributed by atoms with Gasteiger partial charge in [0.15, 0.2) is 5.78 Å². The van der Waals surface area contributed by atoms with Crippen LogP contribution in [0.2, 0.25) is 5.02 Å². The molecule has 0 unspecified atom stereocenters. The predicted molar refractivity (Wildman–Crippen MR) is 118 cm³/mol. The number of benzene rings is 2. The zero-order valence-electron chi connectivity index (χ0n) is 16.2. The van der Waals surface area contributed by atoms with E-state index in [2.05, 4.69) is 16.8 Å². The van der Waals surface area contributed by atoms with E-state index < -0.39 is 5.97 Å². The van der Waals surface area contributed by atoms with Gasteiger partial charge < -0.3 is 14.9 Å². The van der Waals surface area contributed by atoms with Crippen molar-refractivity contribution >= 4 is 41.2 Å². The Kier molecular flexibility index (Phi) is 6.86. The molecule has 1 heterocycles. The quantitative estimate of drug-likeness (QED) is 0.574. The van der Waals surface area contributed by atoms with Crippen molar-refractivity contribution < 1.29 is 14.7 Å². The molecular weight excluding hydrogens is 388 g/mol. The van der Waals surface area contributed by atoms with Crippen LogP contribution in [-0.2, 0) is 4.79 Å². The van der Waals surface area contributed by atoms with Gasteiger partial charge in [0, 0.05) is 48.5 Å². The van der Waals surface area contributed by atoms with Gasteiger partial charge in [0.1, 0.15) is 0 Å². The smallest absolute Gasteiger partial charge is 0.328 e. The van der Waals surface area contributed by atoms with Crippen LogP contribution in [0, 0.1) is 0 Å². The fraction of sp³-hybridized carbons (Fsp3) is 0.217. The summed E-state index contributed by atoms with van der Waals surface area (Å²) in [7, 11) is 2.10. The molecular formula is C23H23ClN2O3. The van der Waals surface area contributed by atoms with Gasteiger partial charge in [0.25, 0.3) is 0 Å². The van der Waals surface area contributed by atoms with Gasteiger partial charge >= 0.3 is 5.97 Å². The van der Waals surface area contributed by atoms with Gasteiger partial charge in [-0.3, -0.25) is 4.79 Å². The molecule has 0 aliphatic carbocycles. The summed E-state index contributed by atoms with van der Waals surface area (Å²) in [6.07, 6.45) is 5.83. The van der Waals surface area contributed by atoms with E-state index >= 15 is 0 Å². The molecule has 0 bridgehead atoms. The van der Waals surface area contributed by atoms with Gasteiger partial charge in [0.2, 0.25) is 0 Å². The molecule has 1 N–H and O–H groups in total. The van der Waals surface area contributed by atoms with Gasteiger partial charge in [-0.1, -0.05) is 35.9 Å². The summed E-state index contributed by atoms with van der Waals surface area (Å²) in [4.78, 5) is 27.9. The molecule has 0 amide bonds. The lowest BCUT2D eigenvalue weighted by Gasteiger charge is -2.34. The third-order valence-electron chi connectivity index (χ3n) is 4.79. The van der Waals surface area contributed by atoms with Crippen LogP contribution < -0.4 is 4.90 Å². The number of aliphatic carboxylic acids is 1. The van der Waals surface area contributed by atoms with Crippen LogP contribution in [-0.4, -0.2) is 55.0 Å². The van der Waals surface area contributed by atoms with Crippen molar-refractivity contribution in [2.45, 2.75) is 0 Å². The highest BCUT2D eigenvalue weighted by molar-refractivity contribution is 6.31. The van der Waals surface area contributed by atoms with Crippen molar-refractivity contribution in [1.82, 2.24) is 4.90 Å². The van der Waals surface area contributed by atoms with Gasteiger partial charge in [-0.2, -0.15) is 0 Å². The number of rotatable bonds is 6. The largest absolute Gasteiger partial charge is 0.478 e. The van der Waals surface area contributed by atoms with Crippen LogP contribution in [0.5, 0.6) is 0 Å². The Balaban J connectivity index is 1.75. The molecule has 1 saturated heterocycles. The second-order valence-electron chi connectivity index (χ2n) is 7.03. The molecule has 150 valence electrons. The van der Waals surface area contributed by atoms with Gasteiger partial charge in [-0.15, -0.1) is 0 Å². The summed E-state index contributed by atoms with van der Waals surface area (Å²) in [6.45, 7) is 3.75.